The maximum Gasteiger partial charge on any atom is 0.407 e. The summed E-state index contributed by atoms with van der Waals surface area (Å²) < 4.78 is 12.0. The van der Waals surface area contributed by atoms with Crippen LogP contribution in [0.3, 0.4) is 0 Å². The molecule has 3 rings (SSSR count). The number of amides is 1. The quantitative estimate of drug-likeness (QED) is 0.808. The van der Waals surface area contributed by atoms with Gasteiger partial charge in [-0.2, -0.15) is 0 Å². The van der Waals surface area contributed by atoms with Gasteiger partial charge >= 0.3 is 6.09 Å². The summed E-state index contributed by atoms with van der Waals surface area (Å²) in [6.45, 7) is 4.56. The third-order valence-electron chi connectivity index (χ3n) is 3.61. The van der Waals surface area contributed by atoms with Gasteiger partial charge in [-0.05, 0) is 12.1 Å². The number of aromatic nitrogens is 4. The van der Waals surface area contributed by atoms with Gasteiger partial charge in [0.2, 0.25) is 0 Å². The van der Waals surface area contributed by atoms with Gasteiger partial charge in [0, 0.05) is 25.8 Å². The van der Waals surface area contributed by atoms with Gasteiger partial charge in [-0.1, -0.05) is 5.21 Å². The van der Waals surface area contributed by atoms with Crippen molar-refractivity contribution >= 4 is 6.09 Å². The standard InChI is InChI=1S/C15H20N6O3/c22-15(24-9-6-20-4-7-23-8-5-20)17-10-13-12-21(19-18-13)14-2-1-3-16-11-14/h1-3,11-12H,4-10H2,(H,17,22). The van der Waals surface area contributed by atoms with Gasteiger partial charge < -0.3 is 14.8 Å². The highest BCUT2D eigenvalue weighted by atomic mass is 16.5. The highest BCUT2D eigenvalue weighted by Crippen LogP contribution is 2.04. The number of rotatable bonds is 6. The SMILES string of the molecule is O=C(NCc1cn(-c2cccnc2)nn1)OCCN1CCOCC1. The van der Waals surface area contributed by atoms with Gasteiger partial charge in [-0.15, -0.1) is 5.10 Å². The van der Waals surface area contributed by atoms with Gasteiger partial charge in [0.05, 0.1) is 37.8 Å². The lowest BCUT2D eigenvalue weighted by atomic mass is 10.4. The van der Waals surface area contributed by atoms with Crippen molar-refractivity contribution in [2.75, 3.05) is 39.5 Å². The molecule has 3 heterocycles. The second-order valence-electron chi connectivity index (χ2n) is 5.31. The van der Waals surface area contributed by atoms with Gasteiger partial charge in [0.1, 0.15) is 12.3 Å². The first kappa shape index (κ1) is 16.3. The number of ether oxygens (including phenoxy) is 2. The van der Waals surface area contributed by atoms with Crippen molar-refractivity contribution in [1.82, 2.24) is 30.2 Å². The average Bonchev–Trinajstić information content (AvgIpc) is 3.11. The normalized spacial score (nSPS) is 15.2. The van der Waals surface area contributed by atoms with Gasteiger partial charge in [0.25, 0.3) is 0 Å². The molecule has 0 spiro atoms. The second-order valence-corrected chi connectivity index (χ2v) is 5.31. The Morgan fingerprint density at radius 3 is 3.04 bits per heavy atom. The Morgan fingerprint density at radius 1 is 1.38 bits per heavy atom. The molecule has 128 valence electrons. The van der Waals surface area contributed by atoms with E-state index in [0.717, 1.165) is 32.0 Å². The molecule has 2 aromatic rings. The van der Waals surface area contributed by atoms with Crippen molar-refractivity contribution in [3.8, 4) is 5.69 Å². The number of nitrogens with zero attached hydrogens (tertiary/aromatic N) is 5. The zero-order valence-corrected chi connectivity index (χ0v) is 13.3. The summed E-state index contributed by atoms with van der Waals surface area (Å²) >= 11 is 0. The molecule has 1 saturated heterocycles. The highest BCUT2D eigenvalue weighted by Gasteiger charge is 2.11. The van der Waals surface area contributed by atoms with E-state index in [1.807, 2.05) is 12.1 Å². The first-order valence-corrected chi connectivity index (χ1v) is 7.83. The van der Waals surface area contributed by atoms with E-state index in [-0.39, 0.29) is 6.54 Å². The van der Waals surface area contributed by atoms with Crippen LogP contribution < -0.4 is 5.32 Å². The van der Waals surface area contributed by atoms with Gasteiger partial charge in [0.15, 0.2) is 0 Å². The van der Waals surface area contributed by atoms with Crippen molar-refractivity contribution in [3.63, 3.8) is 0 Å². The summed E-state index contributed by atoms with van der Waals surface area (Å²) in [7, 11) is 0. The van der Waals surface area contributed by atoms with E-state index in [4.69, 9.17) is 9.47 Å². The molecule has 1 aliphatic rings. The molecule has 0 aromatic carbocycles. The van der Waals surface area contributed by atoms with Crippen LogP contribution in [0.5, 0.6) is 0 Å². The fourth-order valence-corrected chi connectivity index (χ4v) is 2.30. The number of carbonyl (C=O) groups is 1. The van der Waals surface area contributed by atoms with Gasteiger partial charge in [-0.3, -0.25) is 9.88 Å². The van der Waals surface area contributed by atoms with Crippen LogP contribution in [0.15, 0.2) is 30.7 Å². The Labute approximate surface area is 139 Å². The smallest absolute Gasteiger partial charge is 0.407 e. The lowest BCUT2D eigenvalue weighted by molar-refractivity contribution is 0.0281. The van der Waals surface area contributed by atoms with Crippen LogP contribution in [0.25, 0.3) is 5.69 Å². The van der Waals surface area contributed by atoms with E-state index in [1.54, 1.807) is 23.3 Å². The molecule has 0 atom stereocenters. The Bertz CT molecular complexity index is 642. The van der Waals surface area contributed by atoms with Crippen LogP contribution in [0.2, 0.25) is 0 Å². The molecule has 9 heteroatoms. The number of pyridine rings is 1. The summed E-state index contributed by atoms with van der Waals surface area (Å²) in [5, 5.41) is 10.7. The predicted octanol–water partition coefficient (Wildman–Crippen LogP) is 0.221. The molecule has 0 aliphatic carbocycles. The molecule has 1 N–H and O–H groups in total. The maximum atomic E-state index is 11.7. The molecule has 24 heavy (non-hydrogen) atoms. The monoisotopic (exact) mass is 332 g/mol. The predicted molar refractivity (Wildman–Crippen MR) is 84.6 cm³/mol. The molecule has 9 nitrogen and oxygen atoms in total. The molecular weight excluding hydrogens is 312 g/mol. The fourth-order valence-electron chi connectivity index (χ4n) is 2.30. The summed E-state index contributed by atoms with van der Waals surface area (Å²) in [6.07, 6.45) is 4.66. The highest BCUT2D eigenvalue weighted by molar-refractivity contribution is 5.67. The third kappa shape index (κ3) is 4.74. The Kier molecular flexibility index (Phi) is 5.70. The first-order chi connectivity index (χ1) is 11.8. The average molecular weight is 332 g/mol. The molecule has 0 radical (unpaired) electrons. The Morgan fingerprint density at radius 2 is 2.25 bits per heavy atom. The second kappa shape index (κ2) is 8.37. The van der Waals surface area contributed by atoms with Crippen molar-refractivity contribution in [3.05, 3.63) is 36.4 Å². The molecule has 1 fully saturated rings. The van der Waals surface area contributed by atoms with Crippen molar-refractivity contribution in [2.45, 2.75) is 6.54 Å². The van der Waals surface area contributed by atoms with Crippen molar-refractivity contribution in [1.29, 1.82) is 0 Å². The van der Waals surface area contributed by atoms with E-state index >= 15 is 0 Å². The molecule has 0 saturated carbocycles. The summed E-state index contributed by atoms with van der Waals surface area (Å²) in [4.78, 5) is 17.9. The summed E-state index contributed by atoms with van der Waals surface area (Å²) in [5.41, 5.74) is 1.45. The lowest BCUT2D eigenvalue weighted by Gasteiger charge is -2.26. The maximum absolute atomic E-state index is 11.7. The fraction of sp³-hybridized carbons (Fsp3) is 0.467. The minimum Gasteiger partial charge on any atom is -0.448 e. The number of hydrogen-bond acceptors (Lipinski definition) is 7. The van der Waals surface area contributed by atoms with Crippen LogP contribution in [-0.4, -0.2) is 70.4 Å². The molecule has 1 amide bonds. The zero-order valence-electron chi connectivity index (χ0n) is 13.3. The molecular formula is C15H20N6O3. The molecule has 1 aliphatic heterocycles. The topological polar surface area (TPSA) is 94.4 Å². The zero-order chi connectivity index (χ0) is 16.6. The molecule has 2 aromatic heterocycles. The van der Waals surface area contributed by atoms with Crippen molar-refractivity contribution in [2.24, 2.45) is 0 Å². The summed E-state index contributed by atoms with van der Waals surface area (Å²) in [5.74, 6) is 0. The minimum atomic E-state index is -0.459. The van der Waals surface area contributed by atoms with E-state index in [9.17, 15) is 4.79 Å². The minimum absolute atomic E-state index is 0.261. The number of carbonyl (C=O) groups excluding carboxylic acids is 1. The van der Waals surface area contributed by atoms with E-state index in [0.29, 0.717) is 18.8 Å². The van der Waals surface area contributed by atoms with Crippen LogP contribution in [0.4, 0.5) is 4.79 Å². The molecule has 0 bridgehead atoms. The van der Waals surface area contributed by atoms with Crippen LogP contribution >= 0.6 is 0 Å². The summed E-state index contributed by atoms with van der Waals surface area (Å²) in [6, 6.07) is 3.69. The number of nitrogens with one attached hydrogen (secondary N) is 1. The van der Waals surface area contributed by atoms with Crippen LogP contribution in [0, 0.1) is 0 Å². The van der Waals surface area contributed by atoms with Crippen molar-refractivity contribution < 1.29 is 14.3 Å². The Hall–Kier alpha value is -2.52. The largest absolute Gasteiger partial charge is 0.448 e. The van der Waals surface area contributed by atoms with E-state index in [1.165, 1.54) is 0 Å². The van der Waals surface area contributed by atoms with Crippen LogP contribution in [0.1, 0.15) is 5.69 Å². The van der Waals surface area contributed by atoms with Crippen LogP contribution in [-0.2, 0) is 16.0 Å². The van der Waals surface area contributed by atoms with Gasteiger partial charge in [-0.25, -0.2) is 9.48 Å². The third-order valence-corrected chi connectivity index (χ3v) is 3.61. The Balaban J connectivity index is 1.38. The molecule has 0 unspecified atom stereocenters. The van der Waals surface area contributed by atoms with E-state index < -0.39 is 6.09 Å². The lowest BCUT2D eigenvalue weighted by Crippen LogP contribution is -2.39. The number of alkyl carbamates (subject to hydrolysis) is 1. The number of morpholine rings is 1. The number of hydrogen-bond donors (Lipinski definition) is 1. The first-order valence-electron chi connectivity index (χ1n) is 7.83. The van der Waals surface area contributed by atoms with E-state index in [2.05, 4.69) is 25.5 Å².